The highest BCUT2D eigenvalue weighted by Gasteiger charge is 2.26. The van der Waals surface area contributed by atoms with E-state index in [0.717, 1.165) is 17.0 Å². The van der Waals surface area contributed by atoms with Crippen LogP contribution < -0.4 is 4.74 Å². The Morgan fingerprint density at radius 2 is 2.00 bits per heavy atom. The van der Waals surface area contributed by atoms with Crippen LogP contribution in [0.5, 0.6) is 5.75 Å². The van der Waals surface area contributed by atoms with Crippen LogP contribution in [0.2, 0.25) is 5.15 Å². The Hall–Kier alpha value is -1.61. The molecule has 0 atom stereocenters. The first-order chi connectivity index (χ1) is 9.61. The van der Waals surface area contributed by atoms with E-state index in [4.69, 9.17) is 16.3 Å². The highest BCUT2D eigenvalue weighted by molar-refractivity contribution is 6.29. The second-order valence-corrected chi connectivity index (χ2v) is 5.80. The van der Waals surface area contributed by atoms with Crippen molar-refractivity contribution in [2.24, 2.45) is 0 Å². The van der Waals surface area contributed by atoms with Crippen molar-refractivity contribution >= 4 is 11.6 Å². The summed E-state index contributed by atoms with van der Waals surface area (Å²) >= 11 is 6.11. The maximum Gasteiger partial charge on any atom is 0.161 e. The zero-order valence-corrected chi connectivity index (χ0v) is 12.4. The van der Waals surface area contributed by atoms with Gasteiger partial charge >= 0.3 is 0 Å². The molecule has 0 N–H and O–H groups in total. The number of aromatic nitrogens is 2. The molecule has 1 aliphatic carbocycles. The molecule has 3 nitrogen and oxygen atoms in total. The average Bonchev–Trinajstić information content (AvgIpc) is 3.22. The van der Waals surface area contributed by atoms with Crippen LogP contribution in [0.4, 0.5) is 0 Å². The molecule has 1 aliphatic rings. The zero-order valence-electron chi connectivity index (χ0n) is 11.6. The number of rotatable bonds is 4. The fourth-order valence-corrected chi connectivity index (χ4v) is 2.32. The summed E-state index contributed by atoms with van der Waals surface area (Å²) in [6.45, 7) is 4.02. The Morgan fingerprint density at radius 1 is 1.20 bits per heavy atom. The molecule has 0 saturated heterocycles. The van der Waals surface area contributed by atoms with Gasteiger partial charge in [-0.05, 0) is 44.9 Å². The number of nitrogens with zero attached hydrogens (tertiary/aromatic N) is 2. The molecule has 20 heavy (non-hydrogen) atoms. The van der Waals surface area contributed by atoms with E-state index in [1.165, 1.54) is 12.8 Å². The monoisotopic (exact) mass is 288 g/mol. The van der Waals surface area contributed by atoms with Crippen LogP contribution in [0, 0.1) is 0 Å². The molecule has 1 heterocycles. The van der Waals surface area contributed by atoms with Gasteiger partial charge in [-0.25, -0.2) is 9.97 Å². The summed E-state index contributed by atoms with van der Waals surface area (Å²) in [7, 11) is 0. The lowest BCUT2D eigenvalue weighted by Gasteiger charge is -2.11. The van der Waals surface area contributed by atoms with Crippen molar-refractivity contribution in [3.8, 4) is 17.1 Å². The van der Waals surface area contributed by atoms with Crippen molar-refractivity contribution in [3.63, 3.8) is 0 Å². The van der Waals surface area contributed by atoms with Crippen molar-refractivity contribution in [1.82, 2.24) is 9.97 Å². The number of hydrogen-bond acceptors (Lipinski definition) is 3. The third kappa shape index (κ3) is 3.10. The summed E-state index contributed by atoms with van der Waals surface area (Å²) < 4.78 is 5.71. The van der Waals surface area contributed by atoms with Gasteiger partial charge < -0.3 is 4.74 Å². The second-order valence-electron chi connectivity index (χ2n) is 5.41. The molecule has 0 unspecified atom stereocenters. The smallest absolute Gasteiger partial charge is 0.161 e. The highest BCUT2D eigenvalue weighted by atomic mass is 35.5. The third-order valence-corrected chi connectivity index (χ3v) is 3.37. The highest BCUT2D eigenvalue weighted by Crippen LogP contribution is 2.40. The molecule has 2 aromatic rings. The van der Waals surface area contributed by atoms with Gasteiger partial charge in [-0.2, -0.15) is 0 Å². The molecule has 3 rings (SSSR count). The Bertz CT molecular complexity index is 624. The molecule has 0 spiro atoms. The molecule has 1 saturated carbocycles. The van der Waals surface area contributed by atoms with Crippen molar-refractivity contribution < 1.29 is 4.74 Å². The summed E-state index contributed by atoms with van der Waals surface area (Å²) in [6, 6.07) is 9.71. The molecule has 104 valence electrons. The summed E-state index contributed by atoms with van der Waals surface area (Å²) in [5.41, 5.74) is 1.99. The van der Waals surface area contributed by atoms with Crippen LogP contribution in [0.1, 0.15) is 38.3 Å². The van der Waals surface area contributed by atoms with Crippen molar-refractivity contribution in [2.75, 3.05) is 0 Å². The average molecular weight is 289 g/mol. The molecule has 4 heteroatoms. The number of benzene rings is 1. The summed E-state index contributed by atoms with van der Waals surface area (Å²) in [5, 5.41) is 0.507. The molecular weight excluding hydrogens is 272 g/mol. The molecule has 1 aromatic heterocycles. The maximum atomic E-state index is 6.11. The lowest BCUT2D eigenvalue weighted by Crippen LogP contribution is -2.05. The number of ether oxygens (including phenoxy) is 1. The standard InChI is InChI=1S/C16H17ClN2O/c1-10(2)20-13-5-3-4-12(8-13)16-18-14(11-6-7-11)9-15(17)19-16/h3-5,8-11H,6-7H2,1-2H3. The minimum absolute atomic E-state index is 0.146. The Labute approximate surface area is 124 Å². The van der Waals surface area contributed by atoms with Crippen molar-refractivity contribution in [3.05, 3.63) is 41.2 Å². The molecule has 1 aromatic carbocycles. The SMILES string of the molecule is CC(C)Oc1cccc(-c2nc(Cl)cc(C3CC3)n2)c1. The van der Waals surface area contributed by atoms with Gasteiger partial charge in [0, 0.05) is 17.2 Å². The van der Waals surface area contributed by atoms with Crippen LogP contribution in [0.3, 0.4) is 0 Å². The molecule has 0 aliphatic heterocycles. The molecule has 0 radical (unpaired) electrons. The fraction of sp³-hybridized carbons (Fsp3) is 0.375. The van der Waals surface area contributed by atoms with E-state index in [2.05, 4.69) is 9.97 Å². The van der Waals surface area contributed by atoms with E-state index >= 15 is 0 Å². The Kier molecular flexibility index (Phi) is 3.62. The van der Waals surface area contributed by atoms with Gasteiger partial charge in [-0.15, -0.1) is 0 Å². The van der Waals surface area contributed by atoms with Gasteiger partial charge in [0.1, 0.15) is 10.9 Å². The van der Waals surface area contributed by atoms with Crippen LogP contribution in [0.25, 0.3) is 11.4 Å². The molecular formula is C16H17ClN2O. The lowest BCUT2D eigenvalue weighted by molar-refractivity contribution is 0.242. The molecule has 0 bridgehead atoms. The minimum atomic E-state index is 0.146. The van der Waals surface area contributed by atoms with Crippen LogP contribution in [0.15, 0.2) is 30.3 Å². The van der Waals surface area contributed by atoms with E-state index in [-0.39, 0.29) is 6.10 Å². The van der Waals surface area contributed by atoms with Gasteiger partial charge in [0.25, 0.3) is 0 Å². The fourth-order valence-electron chi connectivity index (χ4n) is 2.13. The number of halogens is 1. The van der Waals surface area contributed by atoms with Gasteiger partial charge in [-0.1, -0.05) is 23.7 Å². The first-order valence-electron chi connectivity index (χ1n) is 6.93. The van der Waals surface area contributed by atoms with Crippen LogP contribution in [-0.2, 0) is 0 Å². The zero-order chi connectivity index (χ0) is 14.1. The first-order valence-corrected chi connectivity index (χ1v) is 7.31. The van der Waals surface area contributed by atoms with Crippen LogP contribution in [-0.4, -0.2) is 16.1 Å². The Balaban J connectivity index is 1.95. The van der Waals surface area contributed by atoms with Gasteiger partial charge in [0.2, 0.25) is 0 Å². The molecule has 1 fully saturated rings. The van der Waals surface area contributed by atoms with E-state index in [0.29, 0.717) is 16.9 Å². The van der Waals surface area contributed by atoms with E-state index in [9.17, 15) is 0 Å². The summed E-state index contributed by atoms with van der Waals surface area (Å²) in [4.78, 5) is 8.97. The van der Waals surface area contributed by atoms with Crippen molar-refractivity contribution in [1.29, 1.82) is 0 Å². The normalized spacial score (nSPS) is 14.6. The lowest BCUT2D eigenvalue weighted by atomic mass is 10.2. The van der Waals surface area contributed by atoms with Gasteiger partial charge in [-0.3, -0.25) is 0 Å². The van der Waals surface area contributed by atoms with Crippen LogP contribution >= 0.6 is 11.6 Å². The van der Waals surface area contributed by atoms with E-state index in [1.54, 1.807) is 0 Å². The largest absolute Gasteiger partial charge is 0.491 e. The first kappa shape index (κ1) is 13.4. The van der Waals surface area contributed by atoms with Gasteiger partial charge in [0.05, 0.1) is 6.10 Å². The predicted molar refractivity (Wildman–Crippen MR) is 80.2 cm³/mol. The molecule has 0 amide bonds. The predicted octanol–water partition coefficient (Wildman–Crippen LogP) is 4.46. The third-order valence-electron chi connectivity index (χ3n) is 3.17. The summed E-state index contributed by atoms with van der Waals surface area (Å²) in [5.74, 6) is 2.06. The van der Waals surface area contributed by atoms with Gasteiger partial charge in [0.15, 0.2) is 5.82 Å². The van der Waals surface area contributed by atoms with E-state index < -0.39 is 0 Å². The Morgan fingerprint density at radius 3 is 2.70 bits per heavy atom. The minimum Gasteiger partial charge on any atom is -0.491 e. The topological polar surface area (TPSA) is 35.0 Å². The van der Waals surface area contributed by atoms with Crippen molar-refractivity contribution in [2.45, 2.75) is 38.7 Å². The number of hydrogen-bond donors (Lipinski definition) is 0. The second kappa shape index (κ2) is 5.41. The van der Waals surface area contributed by atoms with E-state index in [1.807, 2.05) is 44.2 Å². The summed E-state index contributed by atoms with van der Waals surface area (Å²) in [6.07, 6.45) is 2.54. The maximum absolute atomic E-state index is 6.11. The quantitative estimate of drug-likeness (QED) is 0.779.